The van der Waals surface area contributed by atoms with Gasteiger partial charge in [0.1, 0.15) is 13.2 Å². The van der Waals surface area contributed by atoms with Crippen LogP contribution in [-0.2, 0) is 27.4 Å². The van der Waals surface area contributed by atoms with Crippen LogP contribution < -0.4 is 15.7 Å². The van der Waals surface area contributed by atoms with Crippen molar-refractivity contribution in [2.45, 2.75) is 19.1 Å². The van der Waals surface area contributed by atoms with Gasteiger partial charge < -0.3 is 30.3 Å². The van der Waals surface area contributed by atoms with Crippen LogP contribution in [0.3, 0.4) is 0 Å². The fourth-order valence-electron chi connectivity index (χ4n) is 1.98. The highest BCUT2D eigenvalue weighted by Crippen LogP contribution is 2.00. The second-order valence-electron chi connectivity index (χ2n) is 5.14. The van der Waals surface area contributed by atoms with Crippen molar-refractivity contribution in [3.63, 3.8) is 0 Å². The van der Waals surface area contributed by atoms with Gasteiger partial charge in [0.15, 0.2) is 0 Å². The van der Waals surface area contributed by atoms with E-state index in [9.17, 15) is 19.5 Å². The predicted molar refractivity (Wildman–Crippen MR) is 83.9 cm³/mol. The molecule has 2 amide bonds. The van der Waals surface area contributed by atoms with Gasteiger partial charge in [-0.25, -0.2) is 9.78 Å². The van der Waals surface area contributed by atoms with E-state index in [4.69, 9.17) is 4.74 Å². The van der Waals surface area contributed by atoms with Crippen LogP contribution in [0.15, 0.2) is 42.9 Å². The molecule has 0 aliphatic carbocycles. The first-order chi connectivity index (χ1) is 12.0. The number of carbonyl (C=O) groups is 3. The molecule has 0 radical (unpaired) electrons. The largest absolute Gasteiger partial charge is 0.548 e. The summed E-state index contributed by atoms with van der Waals surface area (Å²) < 4.78 is 4.94. The summed E-state index contributed by atoms with van der Waals surface area (Å²) in [7, 11) is 0. The van der Waals surface area contributed by atoms with E-state index >= 15 is 0 Å². The number of aliphatic carboxylic acids is 1. The van der Waals surface area contributed by atoms with Crippen LogP contribution in [0.4, 0.5) is 4.79 Å². The summed E-state index contributed by atoms with van der Waals surface area (Å²) in [5, 5.41) is 15.6. The lowest BCUT2D eigenvalue weighted by molar-refractivity contribution is -0.308. The molecule has 0 bridgehead atoms. The molecule has 1 heterocycles. The zero-order valence-electron chi connectivity index (χ0n) is 13.2. The number of amides is 2. The van der Waals surface area contributed by atoms with Gasteiger partial charge in [0.05, 0.1) is 18.3 Å². The van der Waals surface area contributed by atoms with Crippen molar-refractivity contribution in [2.24, 2.45) is 0 Å². The van der Waals surface area contributed by atoms with Gasteiger partial charge in [-0.05, 0) is 5.56 Å². The molecule has 0 aliphatic rings. The Hall–Kier alpha value is -3.36. The molecule has 1 aromatic heterocycles. The van der Waals surface area contributed by atoms with Crippen LogP contribution in [0.25, 0.3) is 0 Å². The smallest absolute Gasteiger partial charge is 0.407 e. The van der Waals surface area contributed by atoms with Crippen molar-refractivity contribution in [1.82, 2.24) is 20.6 Å². The molecule has 2 aromatic rings. The first kappa shape index (κ1) is 18.0. The fraction of sp³-hybridized carbons (Fsp3) is 0.250. The molecule has 3 N–H and O–H groups in total. The van der Waals surface area contributed by atoms with Crippen molar-refractivity contribution in [3.8, 4) is 0 Å². The molecule has 0 aliphatic heterocycles. The second-order valence-corrected chi connectivity index (χ2v) is 5.14. The summed E-state index contributed by atoms with van der Waals surface area (Å²) in [5.74, 6) is -2.11. The average Bonchev–Trinajstić information content (AvgIpc) is 3.11. The van der Waals surface area contributed by atoms with Crippen molar-refractivity contribution >= 4 is 18.0 Å². The van der Waals surface area contributed by atoms with Crippen molar-refractivity contribution in [2.75, 3.05) is 6.54 Å². The lowest BCUT2D eigenvalue weighted by Crippen LogP contribution is -2.51. The maximum atomic E-state index is 11.8. The van der Waals surface area contributed by atoms with Crippen LogP contribution in [0.5, 0.6) is 0 Å². The number of nitrogens with one attached hydrogen (secondary N) is 3. The summed E-state index contributed by atoms with van der Waals surface area (Å²) in [4.78, 5) is 40.9. The molecular weight excluding hydrogens is 328 g/mol. The Labute approximate surface area is 143 Å². The van der Waals surface area contributed by atoms with Crippen LogP contribution >= 0.6 is 0 Å². The molecule has 0 spiro atoms. The number of carboxylic acids is 1. The van der Waals surface area contributed by atoms with Crippen LogP contribution in [0.2, 0.25) is 0 Å². The third kappa shape index (κ3) is 6.34. The zero-order valence-corrected chi connectivity index (χ0v) is 13.2. The molecule has 9 heteroatoms. The van der Waals surface area contributed by atoms with E-state index in [1.54, 1.807) is 12.1 Å². The SMILES string of the molecule is O=C(CNC(=O)OCc1ccccc1)N[C@@H](Cc1cnc[nH]1)C(=O)[O-]. The molecule has 0 saturated carbocycles. The molecule has 0 fully saturated rings. The van der Waals surface area contributed by atoms with Gasteiger partial charge in [-0.1, -0.05) is 30.3 Å². The number of rotatable bonds is 8. The number of carboxylic acid groups (broad SMARTS) is 1. The third-order valence-electron chi connectivity index (χ3n) is 3.20. The van der Waals surface area contributed by atoms with Gasteiger partial charge in [-0.3, -0.25) is 4.79 Å². The minimum atomic E-state index is -1.44. The Balaban J connectivity index is 1.72. The van der Waals surface area contributed by atoms with E-state index < -0.39 is 30.6 Å². The fourth-order valence-corrected chi connectivity index (χ4v) is 1.98. The Kier molecular flexibility index (Phi) is 6.52. The standard InChI is InChI=1S/C16H18N4O5/c21-14(20-13(15(22)23)6-12-7-17-10-19-12)8-18-16(24)25-9-11-4-2-1-3-5-11/h1-5,7,10,13H,6,8-9H2,(H,17,19)(H,18,24)(H,20,21)(H,22,23)/p-1/t13-/m0/s1. The lowest BCUT2D eigenvalue weighted by Gasteiger charge is -2.19. The topological polar surface area (TPSA) is 136 Å². The predicted octanol–water partition coefficient (Wildman–Crippen LogP) is -0.887. The number of nitrogens with zero attached hydrogens (tertiary/aromatic N) is 1. The second kappa shape index (κ2) is 9.06. The molecule has 0 saturated heterocycles. The minimum Gasteiger partial charge on any atom is -0.548 e. The molecule has 0 unspecified atom stereocenters. The molecule has 132 valence electrons. The quantitative estimate of drug-likeness (QED) is 0.568. The third-order valence-corrected chi connectivity index (χ3v) is 3.20. The number of aromatic amines is 1. The number of alkyl carbamates (subject to hydrolysis) is 1. The Morgan fingerprint density at radius 1 is 1.24 bits per heavy atom. The van der Waals surface area contributed by atoms with Crippen LogP contribution in [-0.4, -0.2) is 40.5 Å². The molecule has 9 nitrogen and oxygen atoms in total. The van der Waals surface area contributed by atoms with E-state index in [1.807, 2.05) is 18.2 Å². The Bertz CT molecular complexity index is 703. The van der Waals surface area contributed by atoms with Crippen molar-refractivity contribution in [3.05, 3.63) is 54.1 Å². The summed E-state index contributed by atoms with van der Waals surface area (Å²) in [6, 6.07) is 7.80. The van der Waals surface area contributed by atoms with E-state index in [0.717, 1.165) is 5.56 Å². The summed E-state index contributed by atoms with van der Waals surface area (Å²) in [6.45, 7) is -0.351. The van der Waals surface area contributed by atoms with Crippen molar-refractivity contribution in [1.29, 1.82) is 0 Å². The maximum absolute atomic E-state index is 11.8. The van der Waals surface area contributed by atoms with E-state index in [1.165, 1.54) is 12.5 Å². The first-order valence-corrected chi connectivity index (χ1v) is 7.46. The first-order valence-electron chi connectivity index (χ1n) is 7.46. The van der Waals surface area contributed by atoms with Crippen molar-refractivity contribution < 1.29 is 24.2 Å². The minimum absolute atomic E-state index is 0.00741. The number of hydrogen-bond acceptors (Lipinski definition) is 6. The number of imidazole rings is 1. The van der Waals surface area contributed by atoms with Gasteiger partial charge >= 0.3 is 6.09 Å². The van der Waals surface area contributed by atoms with Gasteiger partial charge in [-0.15, -0.1) is 0 Å². The summed E-state index contributed by atoms with van der Waals surface area (Å²) in [6.07, 6.45) is 2.05. The molecule has 1 atom stereocenters. The highest BCUT2D eigenvalue weighted by molar-refractivity contribution is 5.86. The monoisotopic (exact) mass is 345 g/mol. The molecule has 1 aromatic carbocycles. The number of ether oxygens (including phenoxy) is 1. The van der Waals surface area contributed by atoms with Crippen LogP contribution in [0.1, 0.15) is 11.3 Å². The molecule has 2 rings (SSSR count). The van der Waals surface area contributed by atoms with E-state index in [-0.39, 0.29) is 13.0 Å². The number of hydrogen-bond donors (Lipinski definition) is 3. The normalized spacial score (nSPS) is 11.4. The summed E-state index contributed by atoms with van der Waals surface area (Å²) in [5.41, 5.74) is 1.34. The zero-order chi connectivity index (χ0) is 18.1. The van der Waals surface area contributed by atoms with Gasteiger partial charge in [-0.2, -0.15) is 0 Å². The highest BCUT2D eigenvalue weighted by Gasteiger charge is 2.15. The van der Waals surface area contributed by atoms with Gasteiger partial charge in [0, 0.05) is 18.3 Å². The van der Waals surface area contributed by atoms with Crippen LogP contribution in [0, 0.1) is 0 Å². The summed E-state index contributed by atoms with van der Waals surface area (Å²) >= 11 is 0. The number of aromatic nitrogens is 2. The van der Waals surface area contributed by atoms with E-state index in [2.05, 4.69) is 20.6 Å². The Morgan fingerprint density at radius 2 is 2.00 bits per heavy atom. The number of carbonyl (C=O) groups excluding carboxylic acids is 3. The number of H-pyrrole nitrogens is 1. The lowest BCUT2D eigenvalue weighted by atomic mass is 10.1. The Morgan fingerprint density at radius 3 is 2.64 bits per heavy atom. The van der Waals surface area contributed by atoms with E-state index in [0.29, 0.717) is 5.69 Å². The van der Waals surface area contributed by atoms with Gasteiger partial charge in [0.2, 0.25) is 5.91 Å². The van der Waals surface area contributed by atoms with Gasteiger partial charge in [0.25, 0.3) is 0 Å². The number of benzene rings is 1. The molecule has 25 heavy (non-hydrogen) atoms. The highest BCUT2D eigenvalue weighted by atomic mass is 16.5. The molecular formula is C16H17N4O5-. The average molecular weight is 345 g/mol. The maximum Gasteiger partial charge on any atom is 0.407 e.